The van der Waals surface area contributed by atoms with E-state index in [2.05, 4.69) is 10.4 Å². The Hall–Kier alpha value is -2.83. The Morgan fingerprint density at radius 1 is 1.36 bits per heavy atom. The Morgan fingerprint density at radius 3 is 2.88 bits per heavy atom. The Morgan fingerprint density at radius 2 is 2.16 bits per heavy atom. The highest BCUT2D eigenvalue weighted by Gasteiger charge is 2.35. The first-order chi connectivity index (χ1) is 12.1. The van der Waals surface area contributed by atoms with Crippen molar-refractivity contribution in [2.75, 3.05) is 18.5 Å². The lowest BCUT2D eigenvalue weighted by atomic mass is 10.1. The number of rotatable bonds is 5. The predicted molar refractivity (Wildman–Crippen MR) is 93.5 cm³/mol. The van der Waals surface area contributed by atoms with Crippen LogP contribution in [-0.2, 0) is 11.8 Å². The molecule has 7 heteroatoms. The van der Waals surface area contributed by atoms with Gasteiger partial charge in [-0.3, -0.25) is 14.3 Å². The van der Waals surface area contributed by atoms with Gasteiger partial charge < -0.3 is 15.0 Å². The number of ether oxygens (including phenoxy) is 1. The third kappa shape index (κ3) is 3.65. The summed E-state index contributed by atoms with van der Waals surface area (Å²) in [5.41, 5.74) is 1.12. The number of hydrogen-bond acceptors (Lipinski definition) is 4. The van der Waals surface area contributed by atoms with Gasteiger partial charge in [-0.1, -0.05) is 12.1 Å². The largest absolute Gasteiger partial charge is 0.493 e. The van der Waals surface area contributed by atoms with Gasteiger partial charge in [0.1, 0.15) is 11.8 Å². The van der Waals surface area contributed by atoms with Crippen LogP contribution in [-0.4, -0.2) is 45.7 Å². The van der Waals surface area contributed by atoms with E-state index < -0.39 is 6.04 Å². The summed E-state index contributed by atoms with van der Waals surface area (Å²) in [6.07, 6.45) is 4.76. The molecule has 1 unspecified atom stereocenters. The molecule has 2 heterocycles. The summed E-state index contributed by atoms with van der Waals surface area (Å²) in [6.45, 7) is 2.92. The minimum Gasteiger partial charge on any atom is -0.493 e. The summed E-state index contributed by atoms with van der Waals surface area (Å²) in [5.74, 6) is 0.189. The number of anilines is 1. The molecule has 1 N–H and O–H groups in total. The van der Waals surface area contributed by atoms with Crippen molar-refractivity contribution in [1.82, 2.24) is 14.7 Å². The van der Waals surface area contributed by atoms with Crippen LogP contribution in [0.3, 0.4) is 0 Å². The average molecular weight is 342 g/mol. The van der Waals surface area contributed by atoms with Gasteiger partial charge in [0, 0.05) is 19.8 Å². The van der Waals surface area contributed by atoms with Crippen LogP contribution in [0, 0.1) is 0 Å². The van der Waals surface area contributed by atoms with Gasteiger partial charge in [0.25, 0.3) is 5.91 Å². The lowest BCUT2D eigenvalue weighted by molar-refractivity contribution is -0.119. The second-order valence-corrected chi connectivity index (χ2v) is 5.98. The van der Waals surface area contributed by atoms with Crippen molar-refractivity contribution in [2.24, 2.45) is 7.05 Å². The minimum atomic E-state index is -0.484. The smallest absolute Gasteiger partial charge is 0.258 e. The van der Waals surface area contributed by atoms with Crippen molar-refractivity contribution in [3.8, 4) is 5.75 Å². The van der Waals surface area contributed by atoms with E-state index in [9.17, 15) is 9.59 Å². The standard InChI is InChI=1S/C18H22N4O3/c1-3-25-16-9-5-4-7-14(16)18(24)22-10-6-8-15(22)17(23)20-13-11-19-21(2)12-13/h4-5,7,9,11-12,15H,3,6,8,10H2,1-2H3,(H,20,23). The van der Waals surface area contributed by atoms with E-state index in [1.54, 1.807) is 47.2 Å². The van der Waals surface area contributed by atoms with Crippen molar-refractivity contribution >= 4 is 17.5 Å². The van der Waals surface area contributed by atoms with Crippen molar-refractivity contribution in [1.29, 1.82) is 0 Å². The predicted octanol–water partition coefficient (Wildman–Crippen LogP) is 2.06. The zero-order valence-corrected chi connectivity index (χ0v) is 14.4. The summed E-state index contributed by atoms with van der Waals surface area (Å²) in [5, 5.41) is 6.87. The van der Waals surface area contributed by atoms with E-state index >= 15 is 0 Å². The molecule has 3 rings (SSSR count). The molecule has 25 heavy (non-hydrogen) atoms. The molecule has 0 aliphatic carbocycles. The van der Waals surface area contributed by atoms with Gasteiger partial charge in [0.15, 0.2) is 0 Å². The van der Waals surface area contributed by atoms with Crippen LogP contribution in [0.2, 0.25) is 0 Å². The van der Waals surface area contributed by atoms with Gasteiger partial charge in [-0.05, 0) is 31.9 Å². The van der Waals surface area contributed by atoms with E-state index in [1.165, 1.54) is 0 Å². The average Bonchev–Trinajstić information content (AvgIpc) is 3.24. The number of aryl methyl sites for hydroxylation is 1. The maximum atomic E-state index is 13.0. The first-order valence-electron chi connectivity index (χ1n) is 8.42. The Bertz CT molecular complexity index is 771. The second kappa shape index (κ2) is 7.38. The van der Waals surface area contributed by atoms with Crippen molar-refractivity contribution < 1.29 is 14.3 Å². The third-order valence-electron chi connectivity index (χ3n) is 4.21. The van der Waals surface area contributed by atoms with Gasteiger partial charge in [-0.25, -0.2) is 0 Å². The fraction of sp³-hybridized carbons (Fsp3) is 0.389. The molecule has 0 radical (unpaired) electrons. The summed E-state index contributed by atoms with van der Waals surface area (Å²) < 4.78 is 7.17. The number of para-hydroxylation sites is 1. The quantitative estimate of drug-likeness (QED) is 0.902. The number of benzene rings is 1. The molecule has 1 aliphatic heterocycles. The molecule has 1 aliphatic rings. The van der Waals surface area contributed by atoms with E-state index in [0.29, 0.717) is 36.6 Å². The fourth-order valence-corrected chi connectivity index (χ4v) is 3.07. The molecule has 1 aromatic heterocycles. The summed E-state index contributed by atoms with van der Waals surface area (Å²) in [7, 11) is 1.78. The monoisotopic (exact) mass is 342 g/mol. The van der Waals surface area contributed by atoms with E-state index in [1.807, 2.05) is 13.0 Å². The zero-order valence-electron chi connectivity index (χ0n) is 14.4. The van der Waals surface area contributed by atoms with Crippen LogP contribution in [0.5, 0.6) is 5.75 Å². The number of aromatic nitrogens is 2. The highest BCUT2D eigenvalue weighted by molar-refractivity contribution is 6.02. The lowest BCUT2D eigenvalue weighted by Gasteiger charge is -2.24. The van der Waals surface area contributed by atoms with E-state index in [4.69, 9.17) is 4.74 Å². The number of nitrogens with one attached hydrogen (secondary N) is 1. The van der Waals surface area contributed by atoms with Gasteiger partial charge in [-0.15, -0.1) is 0 Å². The van der Waals surface area contributed by atoms with E-state index in [0.717, 1.165) is 6.42 Å². The normalized spacial score (nSPS) is 16.7. The number of amides is 2. The zero-order chi connectivity index (χ0) is 17.8. The second-order valence-electron chi connectivity index (χ2n) is 5.98. The SMILES string of the molecule is CCOc1ccccc1C(=O)N1CCCC1C(=O)Nc1cnn(C)c1. The van der Waals surface area contributed by atoms with Crippen LogP contribution in [0.15, 0.2) is 36.7 Å². The lowest BCUT2D eigenvalue weighted by Crippen LogP contribution is -2.43. The van der Waals surface area contributed by atoms with Crippen LogP contribution in [0.4, 0.5) is 5.69 Å². The molecule has 1 atom stereocenters. The van der Waals surface area contributed by atoms with Crippen LogP contribution in [0.1, 0.15) is 30.1 Å². The first-order valence-corrected chi connectivity index (χ1v) is 8.42. The highest BCUT2D eigenvalue weighted by Crippen LogP contribution is 2.26. The minimum absolute atomic E-state index is 0.173. The van der Waals surface area contributed by atoms with Crippen LogP contribution >= 0.6 is 0 Å². The van der Waals surface area contributed by atoms with Gasteiger partial charge in [0.05, 0.1) is 24.1 Å². The Balaban J connectivity index is 1.77. The maximum absolute atomic E-state index is 13.0. The summed E-state index contributed by atoms with van der Waals surface area (Å²) in [4.78, 5) is 27.2. The molecule has 0 saturated carbocycles. The molecule has 1 saturated heterocycles. The number of carbonyl (C=O) groups is 2. The molecular weight excluding hydrogens is 320 g/mol. The molecule has 0 spiro atoms. The molecule has 1 aromatic carbocycles. The molecule has 2 amide bonds. The van der Waals surface area contributed by atoms with Crippen LogP contribution in [0.25, 0.3) is 0 Å². The van der Waals surface area contributed by atoms with Crippen molar-refractivity contribution in [2.45, 2.75) is 25.8 Å². The van der Waals surface area contributed by atoms with E-state index in [-0.39, 0.29) is 11.8 Å². The molecule has 2 aromatic rings. The molecule has 7 nitrogen and oxygen atoms in total. The first kappa shape index (κ1) is 17.0. The number of hydrogen-bond donors (Lipinski definition) is 1. The Kier molecular flexibility index (Phi) is 5.02. The molecular formula is C18H22N4O3. The number of likely N-dealkylation sites (tertiary alicyclic amines) is 1. The fourth-order valence-electron chi connectivity index (χ4n) is 3.07. The molecule has 0 bridgehead atoms. The van der Waals surface area contributed by atoms with Gasteiger partial charge in [0.2, 0.25) is 5.91 Å². The van der Waals surface area contributed by atoms with Gasteiger partial charge in [-0.2, -0.15) is 5.10 Å². The van der Waals surface area contributed by atoms with Gasteiger partial charge >= 0.3 is 0 Å². The molecule has 132 valence electrons. The number of nitrogens with zero attached hydrogens (tertiary/aromatic N) is 3. The van der Waals surface area contributed by atoms with Crippen molar-refractivity contribution in [3.63, 3.8) is 0 Å². The topological polar surface area (TPSA) is 76.5 Å². The summed E-state index contributed by atoms with van der Waals surface area (Å²) >= 11 is 0. The maximum Gasteiger partial charge on any atom is 0.258 e. The number of carbonyl (C=O) groups excluding carboxylic acids is 2. The molecule has 1 fully saturated rings. The third-order valence-corrected chi connectivity index (χ3v) is 4.21. The van der Waals surface area contributed by atoms with Crippen LogP contribution < -0.4 is 10.1 Å². The summed E-state index contributed by atoms with van der Waals surface area (Å²) in [6, 6.07) is 6.66. The highest BCUT2D eigenvalue weighted by atomic mass is 16.5. The van der Waals surface area contributed by atoms with Crippen molar-refractivity contribution in [3.05, 3.63) is 42.2 Å². The Labute approximate surface area is 146 Å².